The molecule has 188 valence electrons. The Morgan fingerprint density at radius 3 is 2.40 bits per heavy atom. The van der Waals surface area contributed by atoms with Gasteiger partial charge in [-0.25, -0.2) is 14.8 Å². The van der Waals surface area contributed by atoms with Gasteiger partial charge in [-0.2, -0.15) is 9.97 Å². The molecule has 15 heteroatoms. The third kappa shape index (κ3) is 7.18. The molecule has 3 rings (SSSR count). The van der Waals surface area contributed by atoms with Crippen LogP contribution in [0.5, 0.6) is 0 Å². The molecule has 0 unspecified atom stereocenters. The van der Waals surface area contributed by atoms with Crippen molar-refractivity contribution in [2.75, 3.05) is 23.3 Å². The van der Waals surface area contributed by atoms with E-state index >= 15 is 0 Å². The van der Waals surface area contributed by atoms with Gasteiger partial charge < -0.3 is 44.2 Å². The first-order valence-electron chi connectivity index (χ1n) is 11.0. The Kier molecular flexibility index (Phi) is 8.07. The summed E-state index contributed by atoms with van der Waals surface area (Å²) in [6, 6.07) is 3.99. The number of carbonyl (C=O) groups excluding carboxylic acids is 1. The number of carbonyl (C=O) groups is 3. The second-order valence-electron chi connectivity index (χ2n) is 6.93. The van der Waals surface area contributed by atoms with E-state index in [1.807, 2.05) is 0 Å². The molecule has 0 bridgehead atoms. The van der Waals surface area contributed by atoms with Crippen molar-refractivity contribution >= 4 is 46.5 Å². The zero-order chi connectivity index (χ0) is 26.6. The molecule has 2 aromatic heterocycles. The van der Waals surface area contributed by atoms with Crippen LogP contribution in [0.15, 0.2) is 30.5 Å². The number of carboxylic acids is 2. The summed E-state index contributed by atoms with van der Waals surface area (Å²) in [5.41, 5.74) is 12.2. The first-order chi connectivity index (χ1) is 16.8. The van der Waals surface area contributed by atoms with Crippen molar-refractivity contribution in [2.45, 2.75) is 25.4 Å². The zero-order valence-corrected chi connectivity index (χ0v) is 18.5. The Labute approximate surface area is 204 Å². The van der Waals surface area contributed by atoms with Crippen LogP contribution < -0.4 is 34.0 Å². The number of carboxylic acid groups (broad SMARTS) is 2. The van der Waals surface area contributed by atoms with Gasteiger partial charge in [0.15, 0.2) is 17.0 Å². The highest BCUT2D eigenvalue weighted by Crippen LogP contribution is 2.19. The summed E-state index contributed by atoms with van der Waals surface area (Å²) in [6.07, 6.45) is 0.598. The van der Waals surface area contributed by atoms with Gasteiger partial charge in [0.25, 0.3) is 5.91 Å². The highest BCUT2D eigenvalue weighted by atomic mass is 16.4. The van der Waals surface area contributed by atoms with Crippen LogP contribution in [0.4, 0.5) is 17.5 Å². The fraction of sp³-hybridized carbons (Fsp3) is 0.250. The number of nitrogens with two attached hydrogens (primary N) is 2. The lowest BCUT2D eigenvalue weighted by atomic mass is 10.1. The summed E-state index contributed by atoms with van der Waals surface area (Å²) in [5.74, 6) is -3.41. The summed E-state index contributed by atoms with van der Waals surface area (Å²) in [6.45, 7) is -2.81. The van der Waals surface area contributed by atoms with E-state index in [-0.39, 0.29) is 65.1 Å². The van der Waals surface area contributed by atoms with Crippen molar-refractivity contribution in [3.05, 3.63) is 41.7 Å². The van der Waals surface area contributed by atoms with Crippen LogP contribution >= 0.6 is 0 Å². The molecule has 35 heavy (non-hydrogen) atoms. The van der Waals surface area contributed by atoms with Crippen molar-refractivity contribution in [3.63, 3.8) is 0 Å². The number of fused-ring (bicyclic) bond motifs is 1. The second kappa shape index (κ2) is 12.0. The topological polar surface area (TPSA) is 281 Å². The van der Waals surface area contributed by atoms with E-state index in [1.165, 1.54) is 30.5 Å². The molecule has 1 aromatic carbocycles. The number of hydrogen-bond donors (Lipinski definition) is 7. The molecule has 1 amide bonds. The molecular weight excluding hydrogens is 460 g/mol. The molecule has 0 spiro atoms. The van der Waals surface area contributed by atoms with E-state index in [1.54, 1.807) is 0 Å². The Morgan fingerprint density at radius 2 is 1.80 bits per heavy atom. The van der Waals surface area contributed by atoms with Gasteiger partial charge in [0.2, 0.25) is 5.95 Å². The normalized spacial score (nSPS) is 12.6. The van der Waals surface area contributed by atoms with E-state index in [0.717, 1.165) is 4.90 Å². The van der Waals surface area contributed by atoms with Gasteiger partial charge in [0, 0.05) is 28.8 Å². The lowest BCUT2D eigenvalue weighted by Crippen LogP contribution is -2.41. The van der Waals surface area contributed by atoms with Crippen molar-refractivity contribution in [1.82, 2.24) is 37.6 Å². The molecule has 0 aliphatic carbocycles. The highest BCUT2D eigenvalue weighted by Gasteiger charge is 2.21. The van der Waals surface area contributed by atoms with Crippen LogP contribution in [0.1, 0.15) is 33.0 Å². The van der Waals surface area contributed by atoms with Crippen LogP contribution in [0.25, 0.3) is 11.2 Å². The molecule has 15 nitrogen and oxygen atoms in total. The summed E-state index contributed by atoms with van der Waals surface area (Å²) in [7, 11) is 0. The number of rotatable bonds is 9. The lowest BCUT2D eigenvalue weighted by molar-refractivity contribution is -0.140. The largest absolute Gasteiger partial charge is 0.481 e. The molecule has 0 saturated carbocycles. The maximum atomic E-state index is 12.5. The van der Waals surface area contributed by atoms with Crippen molar-refractivity contribution in [2.24, 2.45) is 0 Å². The van der Waals surface area contributed by atoms with Gasteiger partial charge in [-0.3, -0.25) is 9.59 Å². The van der Waals surface area contributed by atoms with Gasteiger partial charge >= 0.3 is 11.9 Å². The SMILES string of the molecule is N.N.[2H]C([2H])([2H])N(Cc1cnc2nc(N)nc(N)c2n1)c1ccc(C(=O)N[C@@H](CCC(=O)O)C(=O)O)cc1. The Balaban J connectivity index is 0.00000361. The Morgan fingerprint density at radius 1 is 1.11 bits per heavy atom. The fourth-order valence-corrected chi connectivity index (χ4v) is 2.87. The first-order valence-corrected chi connectivity index (χ1v) is 9.53. The maximum absolute atomic E-state index is 12.5. The monoisotopic (exact) mass is 491 g/mol. The minimum absolute atomic E-state index is 0. The van der Waals surface area contributed by atoms with Gasteiger partial charge in [0.05, 0.1) is 18.4 Å². The van der Waals surface area contributed by atoms with Crippen molar-refractivity contribution < 1.29 is 28.7 Å². The number of aliphatic carboxylic acids is 2. The van der Waals surface area contributed by atoms with Gasteiger partial charge in [0.1, 0.15) is 6.04 Å². The van der Waals surface area contributed by atoms with Gasteiger partial charge in [-0.05, 0) is 30.7 Å². The van der Waals surface area contributed by atoms with Gasteiger partial charge in [-0.15, -0.1) is 0 Å². The molecule has 2 heterocycles. The summed E-state index contributed by atoms with van der Waals surface area (Å²) < 4.78 is 23.8. The molecule has 0 radical (unpaired) electrons. The van der Waals surface area contributed by atoms with Crippen molar-refractivity contribution in [3.8, 4) is 0 Å². The van der Waals surface area contributed by atoms with Crippen molar-refractivity contribution in [1.29, 1.82) is 0 Å². The summed E-state index contributed by atoms with van der Waals surface area (Å²) in [5, 5.41) is 20.2. The standard InChI is InChI=1S/C20H22N8O5.2H3N/c1-28(9-11-8-23-17-15(24-11)16(21)26-20(22)27-17)12-4-2-10(3-5-12)18(31)25-13(19(32)33)6-7-14(29)30;;/h2-5,8,13H,6-7,9H2,1H3,(H,25,31)(H,29,30)(H,32,33)(H4,21,22,23,26,27);2*1H3/t13-;;/m0../s1/i1D3;;. The fourth-order valence-electron chi connectivity index (χ4n) is 2.87. The third-order valence-electron chi connectivity index (χ3n) is 4.51. The number of aromatic nitrogens is 4. The first kappa shape index (κ1) is 23.5. The number of nitrogens with one attached hydrogen (secondary N) is 1. The van der Waals surface area contributed by atoms with E-state index in [9.17, 15) is 19.5 Å². The van der Waals surface area contributed by atoms with E-state index in [4.69, 9.17) is 20.7 Å². The smallest absolute Gasteiger partial charge is 0.326 e. The lowest BCUT2D eigenvalue weighted by Gasteiger charge is -2.19. The molecule has 0 aliphatic heterocycles. The molecule has 3 aromatic rings. The number of nitrogens with zero attached hydrogens (tertiary/aromatic N) is 5. The zero-order valence-electron chi connectivity index (χ0n) is 21.5. The predicted octanol–water partition coefficient (Wildman–Crippen LogP) is 0.592. The van der Waals surface area contributed by atoms with E-state index in [0.29, 0.717) is 0 Å². The Hall–Kier alpha value is -4.63. The second-order valence-corrected chi connectivity index (χ2v) is 6.93. The molecule has 1 atom stereocenters. The number of hydrogen-bond acceptors (Lipinski definition) is 12. The van der Waals surface area contributed by atoms with E-state index < -0.39 is 37.3 Å². The average Bonchev–Trinajstić information content (AvgIpc) is 2.79. The summed E-state index contributed by atoms with van der Waals surface area (Å²) in [4.78, 5) is 51.7. The Bertz CT molecular complexity index is 1310. The minimum Gasteiger partial charge on any atom is -0.481 e. The molecule has 0 saturated heterocycles. The van der Waals surface area contributed by atoms with Gasteiger partial charge in [-0.1, -0.05) is 0 Å². The van der Waals surface area contributed by atoms with Crippen LogP contribution in [0, 0.1) is 0 Å². The number of amides is 1. The number of nitrogen functional groups attached to an aromatic ring is 2. The molecule has 0 fully saturated rings. The molecular formula is C20H28N10O5. The maximum Gasteiger partial charge on any atom is 0.326 e. The minimum atomic E-state index is -2.60. The predicted molar refractivity (Wildman–Crippen MR) is 128 cm³/mol. The average molecular weight is 492 g/mol. The van der Waals surface area contributed by atoms with Crippen LogP contribution in [-0.2, 0) is 16.1 Å². The van der Waals surface area contributed by atoms with E-state index in [2.05, 4.69) is 25.3 Å². The van der Waals surface area contributed by atoms with Crippen LogP contribution in [0.3, 0.4) is 0 Å². The number of benzene rings is 1. The van der Waals surface area contributed by atoms with Crippen LogP contribution in [-0.4, -0.2) is 61.0 Å². The highest BCUT2D eigenvalue weighted by molar-refractivity contribution is 5.97. The van der Waals surface area contributed by atoms with Crippen LogP contribution in [0.2, 0.25) is 0 Å². The summed E-state index contributed by atoms with van der Waals surface area (Å²) >= 11 is 0. The molecule has 0 aliphatic rings. The number of anilines is 3. The molecule has 13 N–H and O–H groups in total. The quantitative estimate of drug-likeness (QED) is 0.216. The third-order valence-corrected chi connectivity index (χ3v) is 4.51.